The van der Waals surface area contributed by atoms with Gasteiger partial charge in [-0.2, -0.15) is 8.78 Å². The summed E-state index contributed by atoms with van der Waals surface area (Å²) in [5.41, 5.74) is 0. The van der Waals surface area contributed by atoms with Crippen molar-refractivity contribution < 1.29 is 18.3 Å². The average Bonchev–Trinajstić information content (AvgIpc) is 2.07. The molecule has 1 aromatic carbocycles. The first-order valence-electron chi connectivity index (χ1n) is 3.67. The maximum atomic E-state index is 12.7. The summed E-state index contributed by atoms with van der Waals surface area (Å²) in [5, 5.41) is 0.296. The van der Waals surface area contributed by atoms with Crippen molar-refractivity contribution in [2.45, 2.75) is 6.11 Å². The molecule has 6 heteroatoms. The van der Waals surface area contributed by atoms with Crippen LogP contribution in [0.2, 0.25) is 5.02 Å². The second kappa shape index (κ2) is 3.24. The van der Waals surface area contributed by atoms with Crippen LogP contribution in [0, 0.1) is 0 Å². The Kier molecular flexibility index (Phi) is 2.31. The lowest BCUT2D eigenvalue weighted by molar-refractivity contribution is -0.208. The number of fused-ring (bicyclic) bond motifs is 1. The lowest BCUT2D eigenvalue weighted by Crippen LogP contribution is -2.35. The molecule has 0 aromatic heterocycles. The lowest BCUT2D eigenvalue weighted by Gasteiger charge is -2.25. The highest BCUT2D eigenvalue weighted by atomic mass is 79.9. The Morgan fingerprint density at radius 3 is 2.79 bits per heavy atom. The summed E-state index contributed by atoms with van der Waals surface area (Å²) in [6.07, 6.45) is -3.29. The Hall–Kier alpha value is -0.550. The number of alkyl halides is 2. The van der Waals surface area contributed by atoms with Gasteiger partial charge in [0.15, 0.2) is 18.1 Å². The van der Waals surface area contributed by atoms with E-state index in [-0.39, 0.29) is 11.5 Å². The third-order valence-electron chi connectivity index (χ3n) is 1.64. The number of hydrogen-bond acceptors (Lipinski definition) is 2. The quantitative estimate of drug-likeness (QED) is 0.727. The first-order valence-corrected chi connectivity index (χ1v) is 4.84. The predicted octanol–water partition coefficient (Wildman–Crippen LogP) is 3.47. The molecule has 1 heterocycles. The zero-order chi connectivity index (χ0) is 10.3. The van der Waals surface area contributed by atoms with Gasteiger partial charge in [0.2, 0.25) is 0 Å². The fraction of sp³-hybridized carbons (Fsp3) is 0.250. The van der Waals surface area contributed by atoms with Crippen molar-refractivity contribution in [2.75, 3.05) is 6.61 Å². The largest absolute Gasteiger partial charge is 0.479 e. The van der Waals surface area contributed by atoms with Gasteiger partial charge in [-0.15, -0.1) is 0 Å². The van der Waals surface area contributed by atoms with E-state index in [9.17, 15) is 8.78 Å². The van der Waals surface area contributed by atoms with E-state index in [1.54, 1.807) is 0 Å². The molecule has 0 atom stereocenters. The van der Waals surface area contributed by atoms with E-state index >= 15 is 0 Å². The Balaban J connectivity index is 2.43. The smallest absolute Gasteiger partial charge is 0.433 e. The number of halogens is 4. The maximum absolute atomic E-state index is 12.7. The molecule has 0 fully saturated rings. The fourth-order valence-electron chi connectivity index (χ4n) is 1.05. The number of ether oxygens (including phenoxy) is 2. The standard InChI is InChI=1S/C8H4BrClF2O2/c9-4-1-6-7(2-5(4)10)14-8(11,12)3-13-6/h1-2H,3H2. The highest BCUT2D eigenvalue weighted by Gasteiger charge is 2.38. The van der Waals surface area contributed by atoms with Gasteiger partial charge in [0.25, 0.3) is 0 Å². The molecule has 2 nitrogen and oxygen atoms in total. The van der Waals surface area contributed by atoms with Crippen molar-refractivity contribution in [3.63, 3.8) is 0 Å². The minimum Gasteiger partial charge on any atom is -0.479 e. The Morgan fingerprint density at radius 1 is 1.36 bits per heavy atom. The molecule has 2 rings (SSSR count). The van der Waals surface area contributed by atoms with Crippen molar-refractivity contribution in [1.82, 2.24) is 0 Å². The molecule has 0 aliphatic carbocycles. The van der Waals surface area contributed by atoms with Crippen LogP contribution in [-0.4, -0.2) is 12.7 Å². The minimum absolute atomic E-state index is 0.0468. The van der Waals surface area contributed by atoms with Crippen LogP contribution in [0.5, 0.6) is 11.5 Å². The highest BCUT2D eigenvalue weighted by Crippen LogP contribution is 2.41. The van der Waals surface area contributed by atoms with E-state index in [0.717, 1.165) is 0 Å². The van der Waals surface area contributed by atoms with Gasteiger partial charge in [0.1, 0.15) is 0 Å². The molecule has 0 radical (unpaired) electrons. The summed E-state index contributed by atoms with van der Waals surface area (Å²) < 4.78 is 35.2. The van der Waals surface area contributed by atoms with Crippen molar-refractivity contribution in [3.8, 4) is 11.5 Å². The summed E-state index contributed by atoms with van der Waals surface area (Å²) >= 11 is 8.86. The second-order valence-corrected chi connectivity index (χ2v) is 4.00. The zero-order valence-electron chi connectivity index (χ0n) is 6.69. The Bertz CT molecular complexity index is 384. The van der Waals surface area contributed by atoms with Crippen LogP contribution in [0.15, 0.2) is 16.6 Å². The van der Waals surface area contributed by atoms with Gasteiger partial charge in [-0.25, -0.2) is 0 Å². The molecular weight excluding hydrogens is 281 g/mol. The zero-order valence-corrected chi connectivity index (χ0v) is 9.03. The van der Waals surface area contributed by atoms with Gasteiger partial charge in [-0.1, -0.05) is 11.6 Å². The van der Waals surface area contributed by atoms with Gasteiger partial charge in [-0.3, -0.25) is 0 Å². The van der Waals surface area contributed by atoms with Crippen LogP contribution in [0.1, 0.15) is 0 Å². The van der Waals surface area contributed by atoms with Crippen LogP contribution in [0.3, 0.4) is 0 Å². The average molecular weight is 285 g/mol. The Morgan fingerprint density at radius 2 is 2.07 bits per heavy atom. The van der Waals surface area contributed by atoms with Crippen LogP contribution < -0.4 is 9.47 Å². The molecule has 14 heavy (non-hydrogen) atoms. The van der Waals surface area contributed by atoms with Crippen LogP contribution in [0.25, 0.3) is 0 Å². The first kappa shape index (κ1) is 9.98. The number of rotatable bonds is 0. The molecule has 0 saturated carbocycles. The van der Waals surface area contributed by atoms with Gasteiger partial charge >= 0.3 is 6.11 Å². The molecule has 0 bridgehead atoms. The van der Waals surface area contributed by atoms with Crippen molar-refractivity contribution in [2.24, 2.45) is 0 Å². The monoisotopic (exact) mass is 284 g/mol. The minimum atomic E-state index is -3.29. The molecule has 0 N–H and O–H groups in total. The normalized spacial score (nSPS) is 18.0. The van der Waals surface area contributed by atoms with E-state index in [0.29, 0.717) is 9.50 Å². The van der Waals surface area contributed by atoms with Gasteiger partial charge in [0, 0.05) is 10.5 Å². The molecule has 0 spiro atoms. The van der Waals surface area contributed by atoms with Crippen molar-refractivity contribution in [1.29, 1.82) is 0 Å². The third-order valence-corrected chi connectivity index (χ3v) is 2.84. The molecule has 0 saturated heterocycles. The number of benzene rings is 1. The van der Waals surface area contributed by atoms with E-state index < -0.39 is 12.7 Å². The summed E-state index contributed by atoms with van der Waals surface area (Å²) in [4.78, 5) is 0. The summed E-state index contributed by atoms with van der Waals surface area (Å²) in [5.74, 6) is 0.210. The van der Waals surface area contributed by atoms with E-state index in [2.05, 4.69) is 20.7 Å². The molecule has 1 aromatic rings. The second-order valence-electron chi connectivity index (χ2n) is 2.74. The van der Waals surface area contributed by atoms with E-state index in [1.807, 2.05) is 0 Å². The molecule has 0 unspecified atom stereocenters. The lowest BCUT2D eigenvalue weighted by atomic mass is 10.3. The van der Waals surface area contributed by atoms with Crippen LogP contribution >= 0.6 is 27.5 Å². The highest BCUT2D eigenvalue weighted by molar-refractivity contribution is 9.10. The van der Waals surface area contributed by atoms with Gasteiger partial charge in [-0.05, 0) is 22.0 Å². The topological polar surface area (TPSA) is 18.5 Å². The molecule has 0 amide bonds. The Labute approximate surface area is 91.9 Å². The van der Waals surface area contributed by atoms with Crippen LogP contribution in [0.4, 0.5) is 8.78 Å². The van der Waals surface area contributed by atoms with Gasteiger partial charge < -0.3 is 9.47 Å². The maximum Gasteiger partial charge on any atom is 0.433 e. The molecule has 76 valence electrons. The van der Waals surface area contributed by atoms with Gasteiger partial charge in [0.05, 0.1) is 5.02 Å². The van der Waals surface area contributed by atoms with E-state index in [1.165, 1.54) is 12.1 Å². The predicted molar refractivity (Wildman–Crippen MR) is 50.2 cm³/mol. The van der Waals surface area contributed by atoms with Crippen molar-refractivity contribution in [3.05, 3.63) is 21.6 Å². The molecule has 1 aliphatic heterocycles. The molecular formula is C8H4BrClF2O2. The van der Waals surface area contributed by atoms with E-state index in [4.69, 9.17) is 16.3 Å². The summed E-state index contributed by atoms with van der Waals surface area (Å²) in [6.45, 7) is -0.784. The van der Waals surface area contributed by atoms with Crippen LogP contribution in [-0.2, 0) is 0 Å². The SMILES string of the molecule is FC1(F)COc2cc(Br)c(Cl)cc2O1. The molecule has 1 aliphatic rings. The first-order chi connectivity index (χ1) is 6.48. The summed E-state index contributed by atoms with van der Waals surface area (Å²) in [6, 6.07) is 2.78. The number of hydrogen-bond donors (Lipinski definition) is 0. The van der Waals surface area contributed by atoms with Crippen molar-refractivity contribution >= 4 is 27.5 Å². The summed E-state index contributed by atoms with van der Waals surface area (Å²) in [7, 11) is 0. The fourth-order valence-corrected chi connectivity index (χ4v) is 1.53. The third kappa shape index (κ3) is 1.79.